The van der Waals surface area contributed by atoms with Gasteiger partial charge in [-0.15, -0.1) is 0 Å². The molecule has 47 heavy (non-hydrogen) atoms. The van der Waals surface area contributed by atoms with E-state index in [-0.39, 0.29) is 0 Å². The fourth-order valence-corrected chi connectivity index (χ4v) is 6.34. The molecule has 236 valence electrons. The van der Waals surface area contributed by atoms with Crippen LogP contribution in [0.4, 0.5) is 11.4 Å². The topological polar surface area (TPSA) is 51.4 Å². The summed E-state index contributed by atoms with van der Waals surface area (Å²) in [7, 11) is 8.33. The first-order valence-electron chi connectivity index (χ1n) is 16.0. The lowest BCUT2D eigenvalue weighted by molar-refractivity contribution is 0.483. The van der Waals surface area contributed by atoms with Crippen LogP contribution in [0.25, 0.3) is 44.4 Å². The summed E-state index contributed by atoms with van der Waals surface area (Å²) in [6.45, 7) is 6.55. The van der Waals surface area contributed by atoms with Gasteiger partial charge < -0.3 is 14.5 Å². The van der Waals surface area contributed by atoms with Gasteiger partial charge in [-0.2, -0.15) is 5.10 Å². The quantitative estimate of drug-likeness (QED) is 0.169. The fraction of sp³-hybridized carbons (Fsp3) is 0.200. The number of para-hydroxylation sites is 1. The summed E-state index contributed by atoms with van der Waals surface area (Å²) in [5.41, 5.74) is 10.1. The summed E-state index contributed by atoms with van der Waals surface area (Å²) in [6, 6.07) is 31.6. The third-order valence-corrected chi connectivity index (χ3v) is 8.70. The molecule has 0 aliphatic carbocycles. The molecule has 7 rings (SSSR count). The van der Waals surface area contributed by atoms with Gasteiger partial charge in [-0.05, 0) is 78.6 Å². The Bertz CT molecular complexity index is 2210. The van der Waals surface area contributed by atoms with Gasteiger partial charge in [-0.3, -0.25) is 4.57 Å². The highest BCUT2D eigenvalue weighted by atomic mass is 16.5. The zero-order chi connectivity index (χ0) is 32.8. The summed E-state index contributed by atoms with van der Waals surface area (Å²) in [5, 5.41) is 7.12. The van der Waals surface area contributed by atoms with Crippen molar-refractivity contribution in [3.8, 4) is 34.1 Å². The zero-order valence-corrected chi connectivity index (χ0v) is 28.1. The van der Waals surface area contributed by atoms with Crippen LogP contribution >= 0.6 is 0 Å². The Balaban J connectivity index is 1.25. The third-order valence-electron chi connectivity index (χ3n) is 8.70. The highest BCUT2D eigenvalue weighted by Gasteiger charge is 2.18. The SMILES string of the molecule is Cc1cc(N(C)C)c(-c2cnn(-c3cccc(Oc4ccc5c6ccccc6n(-c6cc(C(C)C)ccn6)c5c4)c3)c2)c(N(C)C)c1. The summed E-state index contributed by atoms with van der Waals surface area (Å²) in [6.07, 6.45) is 5.93. The van der Waals surface area contributed by atoms with E-state index in [4.69, 9.17) is 14.8 Å². The van der Waals surface area contributed by atoms with Crippen LogP contribution in [0.5, 0.6) is 11.5 Å². The smallest absolute Gasteiger partial charge is 0.137 e. The van der Waals surface area contributed by atoms with E-state index in [9.17, 15) is 0 Å². The van der Waals surface area contributed by atoms with E-state index in [2.05, 4.69) is 130 Å². The van der Waals surface area contributed by atoms with Crippen molar-refractivity contribution in [1.82, 2.24) is 19.3 Å². The van der Waals surface area contributed by atoms with Crippen molar-refractivity contribution in [1.29, 1.82) is 0 Å². The average Bonchev–Trinajstić information content (AvgIpc) is 3.67. The number of hydrogen-bond donors (Lipinski definition) is 0. The van der Waals surface area contributed by atoms with Crippen molar-refractivity contribution in [3.05, 3.63) is 121 Å². The molecule has 7 nitrogen and oxygen atoms in total. The maximum Gasteiger partial charge on any atom is 0.137 e. The first kappa shape index (κ1) is 30.1. The van der Waals surface area contributed by atoms with Gasteiger partial charge in [-0.25, -0.2) is 9.67 Å². The molecular formula is C40H40N6O. The van der Waals surface area contributed by atoms with Crippen LogP contribution in [0.2, 0.25) is 0 Å². The maximum absolute atomic E-state index is 6.52. The summed E-state index contributed by atoms with van der Waals surface area (Å²) in [4.78, 5) is 9.11. The Morgan fingerprint density at radius 2 is 1.45 bits per heavy atom. The number of nitrogens with zero attached hydrogens (tertiary/aromatic N) is 6. The van der Waals surface area contributed by atoms with Gasteiger partial charge in [-0.1, -0.05) is 38.1 Å². The van der Waals surface area contributed by atoms with Gasteiger partial charge in [0.1, 0.15) is 17.3 Å². The highest BCUT2D eigenvalue weighted by Crippen LogP contribution is 2.40. The van der Waals surface area contributed by atoms with Crippen LogP contribution in [0, 0.1) is 6.92 Å². The van der Waals surface area contributed by atoms with Crippen LogP contribution in [-0.4, -0.2) is 47.5 Å². The molecule has 0 saturated carbocycles. The molecule has 0 aliphatic rings. The number of fused-ring (bicyclic) bond motifs is 3. The molecular weight excluding hydrogens is 580 g/mol. The molecule has 0 bridgehead atoms. The molecule has 0 unspecified atom stereocenters. The minimum Gasteiger partial charge on any atom is -0.457 e. The van der Waals surface area contributed by atoms with E-state index >= 15 is 0 Å². The number of ether oxygens (including phenoxy) is 1. The number of benzene rings is 4. The lowest BCUT2D eigenvalue weighted by Gasteiger charge is -2.24. The van der Waals surface area contributed by atoms with E-state index in [1.54, 1.807) is 0 Å². The molecule has 0 aliphatic heterocycles. The Labute approximate surface area is 276 Å². The minimum absolute atomic E-state index is 0.406. The van der Waals surface area contributed by atoms with E-state index in [0.29, 0.717) is 5.92 Å². The molecule has 0 saturated heterocycles. The molecule has 0 atom stereocenters. The van der Waals surface area contributed by atoms with Gasteiger partial charge >= 0.3 is 0 Å². The summed E-state index contributed by atoms with van der Waals surface area (Å²) >= 11 is 0. The number of hydrogen-bond acceptors (Lipinski definition) is 5. The van der Waals surface area contributed by atoms with Gasteiger partial charge in [0.15, 0.2) is 0 Å². The molecule has 4 aromatic carbocycles. The first-order chi connectivity index (χ1) is 22.7. The van der Waals surface area contributed by atoms with Crippen molar-refractivity contribution in [3.63, 3.8) is 0 Å². The molecule has 3 aromatic heterocycles. The predicted octanol–water partition coefficient (Wildman–Crippen LogP) is 9.39. The third kappa shape index (κ3) is 5.58. The number of anilines is 2. The Morgan fingerprint density at radius 3 is 2.19 bits per heavy atom. The summed E-state index contributed by atoms with van der Waals surface area (Å²) in [5.74, 6) is 2.80. The Hall–Kier alpha value is -5.56. The molecule has 7 heteroatoms. The average molecular weight is 621 g/mol. The lowest BCUT2D eigenvalue weighted by atomic mass is 10.0. The van der Waals surface area contributed by atoms with Crippen molar-refractivity contribution in [2.45, 2.75) is 26.7 Å². The fourth-order valence-electron chi connectivity index (χ4n) is 6.34. The lowest BCUT2D eigenvalue weighted by Crippen LogP contribution is -2.15. The monoisotopic (exact) mass is 620 g/mol. The van der Waals surface area contributed by atoms with Crippen LogP contribution in [-0.2, 0) is 0 Å². The van der Waals surface area contributed by atoms with Crippen molar-refractivity contribution in [2.24, 2.45) is 0 Å². The van der Waals surface area contributed by atoms with Gasteiger partial charge in [0, 0.05) is 86.0 Å². The second-order valence-electron chi connectivity index (χ2n) is 12.9. The van der Waals surface area contributed by atoms with E-state index < -0.39 is 0 Å². The molecule has 0 fully saturated rings. The Kier molecular flexibility index (Phi) is 7.68. The molecule has 7 aromatic rings. The van der Waals surface area contributed by atoms with Crippen molar-refractivity contribution >= 4 is 33.2 Å². The van der Waals surface area contributed by atoms with Crippen molar-refractivity contribution < 1.29 is 4.74 Å². The number of pyridine rings is 1. The molecule has 0 N–H and O–H groups in total. The number of aryl methyl sites for hydroxylation is 1. The van der Waals surface area contributed by atoms with Crippen molar-refractivity contribution in [2.75, 3.05) is 38.0 Å². The largest absolute Gasteiger partial charge is 0.457 e. The summed E-state index contributed by atoms with van der Waals surface area (Å²) < 4.78 is 10.7. The maximum atomic E-state index is 6.52. The van der Waals surface area contributed by atoms with E-state index in [1.165, 1.54) is 16.5 Å². The van der Waals surface area contributed by atoms with Gasteiger partial charge in [0.2, 0.25) is 0 Å². The second-order valence-corrected chi connectivity index (χ2v) is 12.9. The minimum atomic E-state index is 0.406. The Morgan fingerprint density at radius 1 is 0.723 bits per heavy atom. The van der Waals surface area contributed by atoms with E-state index in [1.807, 2.05) is 47.4 Å². The van der Waals surface area contributed by atoms with Crippen LogP contribution in [0.1, 0.15) is 30.9 Å². The van der Waals surface area contributed by atoms with Crippen LogP contribution in [0.3, 0.4) is 0 Å². The molecule has 0 spiro atoms. The second kappa shape index (κ2) is 12.0. The highest BCUT2D eigenvalue weighted by molar-refractivity contribution is 6.09. The number of rotatable bonds is 8. The van der Waals surface area contributed by atoms with Gasteiger partial charge in [0.25, 0.3) is 0 Å². The van der Waals surface area contributed by atoms with Crippen LogP contribution < -0.4 is 14.5 Å². The normalized spacial score (nSPS) is 11.5. The number of aromatic nitrogens is 4. The standard InChI is InChI=1S/C40H40N6O/c1-26(2)28-17-18-41-39(21-28)46-35-14-9-8-13-33(35)34-16-15-32(23-36(34)46)47-31-12-10-11-30(22-31)45-25-29(24-42-45)40-37(43(4)5)19-27(3)20-38(40)44(6)7/h8-26H,1-7H3. The van der Waals surface area contributed by atoms with Crippen LogP contribution in [0.15, 0.2) is 110 Å². The molecule has 0 radical (unpaired) electrons. The molecule has 3 heterocycles. The predicted molar refractivity (Wildman–Crippen MR) is 195 cm³/mol. The van der Waals surface area contributed by atoms with E-state index in [0.717, 1.165) is 61.9 Å². The molecule has 0 amide bonds. The van der Waals surface area contributed by atoms with Gasteiger partial charge in [0.05, 0.1) is 22.9 Å². The first-order valence-corrected chi connectivity index (χ1v) is 16.0. The zero-order valence-electron chi connectivity index (χ0n) is 28.1.